The number of aliphatic imine (C=N–C) groups is 1. The number of hydrogen-bond donors (Lipinski definition) is 1. The zero-order valence-electron chi connectivity index (χ0n) is 15.5. The van der Waals surface area contributed by atoms with E-state index in [2.05, 4.69) is 36.1 Å². The minimum absolute atomic E-state index is 0.0799. The highest BCUT2D eigenvalue weighted by Crippen LogP contribution is 2.15. The molecule has 0 saturated heterocycles. The molecule has 0 saturated carbocycles. The van der Waals surface area contributed by atoms with Gasteiger partial charge in [0.15, 0.2) is 5.84 Å². The van der Waals surface area contributed by atoms with E-state index < -0.39 is 11.0 Å². The Morgan fingerprint density at radius 2 is 2.12 bits per heavy atom. The molecule has 0 aliphatic rings. The van der Waals surface area contributed by atoms with Crippen LogP contribution in [-0.4, -0.2) is 55.5 Å². The van der Waals surface area contributed by atoms with Crippen LogP contribution in [0.1, 0.15) is 31.7 Å². The number of amidine groups is 1. The molecular formula is C18H30N4O3. The van der Waals surface area contributed by atoms with Crippen LogP contribution in [-0.2, 0) is 6.42 Å². The van der Waals surface area contributed by atoms with E-state index in [1.807, 2.05) is 12.1 Å². The molecule has 2 N–H and O–H groups in total. The first-order valence-corrected chi connectivity index (χ1v) is 8.70. The Labute approximate surface area is 150 Å². The maximum atomic E-state index is 10.6. The van der Waals surface area contributed by atoms with Crippen molar-refractivity contribution >= 4 is 5.84 Å². The standard InChI is InChI=1S/C18H30N4O3/c1-15(22(23)24)18(19)20-11-4-5-13-25-17-10-6-8-16(14-17)9-7-12-21(2)3/h6,8,10,14-15H,4-5,7,9,11-13H2,1-3H3,(H2,19,20). The van der Waals surface area contributed by atoms with Gasteiger partial charge in [0.1, 0.15) is 5.75 Å². The highest BCUT2D eigenvalue weighted by molar-refractivity contribution is 5.84. The number of hydrogen-bond acceptors (Lipinski definition) is 5. The number of nitrogens with zero attached hydrogens (tertiary/aromatic N) is 3. The van der Waals surface area contributed by atoms with Crippen molar-refractivity contribution < 1.29 is 9.66 Å². The first-order valence-electron chi connectivity index (χ1n) is 8.70. The quantitative estimate of drug-likeness (QED) is 0.205. The lowest BCUT2D eigenvalue weighted by Gasteiger charge is -2.10. The van der Waals surface area contributed by atoms with Crippen LogP contribution in [0.15, 0.2) is 29.3 Å². The summed E-state index contributed by atoms with van der Waals surface area (Å²) in [6.07, 6.45) is 3.78. The fourth-order valence-corrected chi connectivity index (χ4v) is 2.24. The summed E-state index contributed by atoms with van der Waals surface area (Å²) in [5.74, 6) is 0.962. The lowest BCUT2D eigenvalue weighted by molar-refractivity contribution is -0.498. The van der Waals surface area contributed by atoms with Crippen LogP contribution >= 0.6 is 0 Å². The van der Waals surface area contributed by atoms with Crippen LogP contribution in [0.25, 0.3) is 0 Å². The van der Waals surface area contributed by atoms with E-state index >= 15 is 0 Å². The van der Waals surface area contributed by atoms with E-state index in [1.54, 1.807) is 0 Å². The van der Waals surface area contributed by atoms with Crippen LogP contribution in [0.3, 0.4) is 0 Å². The number of aryl methyl sites for hydroxylation is 1. The second kappa shape index (κ2) is 11.4. The minimum Gasteiger partial charge on any atom is -0.494 e. The van der Waals surface area contributed by atoms with E-state index in [0.29, 0.717) is 13.2 Å². The van der Waals surface area contributed by atoms with Crippen LogP contribution < -0.4 is 10.5 Å². The molecule has 0 heterocycles. The summed E-state index contributed by atoms with van der Waals surface area (Å²) in [4.78, 5) is 16.4. The average Bonchev–Trinajstić information content (AvgIpc) is 2.57. The van der Waals surface area contributed by atoms with E-state index in [9.17, 15) is 10.1 Å². The summed E-state index contributed by atoms with van der Waals surface area (Å²) in [5.41, 5.74) is 6.86. The molecule has 0 aliphatic carbocycles. The molecule has 0 spiro atoms. The van der Waals surface area contributed by atoms with Crippen LogP contribution in [0.4, 0.5) is 0 Å². The second-order valence-electron chi connectivity index (χ2n) is 6.38. The van der Waals surface area contributed by atoms with Gasteiger partial charge in [-0.3, -0.25) is 15.1 Å². The van der Waals surface area contributed by atoms with Gasteiger partial charge in [0.2, 0.25) is 0 Å². The Kier molecular flexibility index (Phi) is 9.54. The van der Waals surface area contributed by atoms with Gasteiger partial charge < -0.3 is 15.4 Å². The number of nitrogens with two attached hydrogens (primary N) is 1. The summed E-state index contributed by atoms with van der Waals surface area (Å²) in [6, 6.07) is 7.27. The van der Waals surface area contributed by atoms with Gasteiger partial charge in [-0.1, -0.05) is 12.1 Å². The van der Waals surface area contributed by atoms with E-state index in [4.69, 9.17) is 10.5 Å². The number of benzene rings is 1. The van der Waals surface area contributed by atoms with Crippen molar-refractivity contribution in [3.8, 4) is 5.75 Å². The Morgan fingerprint density at radius 3 is 2.80 bits per heavy atom. The predicted octanol–water partition coefficient (Wildman–Crippen LogP) is 2.36. The molecule has 1 atom stereocenters. The molecule has 0 bridgehead atoms. The zero-order valence-corrected chi connectivity index (χ0v) is 15.5. The van der Waals surface area contributed by atoms with Gasteiger partial charge in [-0.05, 0) is 64.0 Å². The van der Waals surface area contributed by atoms with Crippen molar-refractivity contribution in [3.63, 3.8) is 0 Å². The van der Waals surface area contributed by atoms with Gasteiger partial charge >= 0.3 is 0 Å². The average molecular weight is 350 g/mol. The Balaban J connectivity index is 2.25. The lowest BCUT2D eigenvalue weighted by atomic mass is 10.1. The molecule has 25 heavy (non-hydrogen) atoms. The Bertz CT molecular complexity index is 561. The molecule has 0 aromatic heterocycles. The molecule has 0 amide bonds. The number of unbranched alkanes of at least 4 members (excludes halogenated alkanes) is 1. The van der Waals surface area contributed by atoms with Gasteiger partial charge in [0.25, 0.3) is 6.04 Å². The summed E-state index contributed by atoms with van der Waals surface area (Å²) in [6.45, 7) is 3.59. The first kappa shape index (κ1) is 20.9. The molecule has 0 radical (unpaired) electrons. The van der Waals surface area contributed by atoms with Crippen LogP contribution in [0.2, 0.25) is 0 Å². The van der Waals surface area contributed by atoms with E-state index in [0.717, 1.165) is 38.0 Å². The Hall–Kier alpha value is -2.15. The van der Waals surface area contributed by atoms with Crippen LogP contribution in [0.5, 0.6) is 5.75 Å². The molecule has 1 unspecified atom stereocenters. The molecule has 1 rings (SSSR count). The van der Waals surface area contributed by atoms with Crippen molar-refractivity contribution in [2.75, 3.05) is 33.8 Å². The Morgan fingerprint density at radius 1 is 1.36 bits per heavy atom. The SMILES string of the molecule is CC(C(N)=NCCCCOc1cccc(CCCN(C)C)c1)[N+](=O)[O-]. The molecule has 140 valence electrons. The third kappa shape index (κ3) is 9.05. The second-order valence-corrected chi connectivity index (χ2v) is 6.38. The smallest absolute Gasteiger partial charge is 0.266 e. The van der Waals surface area contributed by atoms with Crippen molar-refractivity contribution in [1.82, 2.24) is 4.90 Å². The minimum atomic E-state index is -0.925. The topological polar surface area (TPSA) is 94.0 Å². The molecule has 0 fully saturated rings. The fourth-order valence-electron chi connectivity index (χ4n) is 2.24. The van der Waals surface area contributed by atoms with E-state index in [-0.39, 0.29) is 5.84 Å². The third-order valence-electron chi connectivity index (χ3n) is 3.83. The van der Waals surface area contributed by atoms with E-state index in [1.165, 1.54) is 12.5 Å². The van der Waals surface area contributed by atoms with Gasteiger partial charge in [0.05, 0.1) is 6.61 Å². The largest absolute Gasteiger partial charge is 0.494 e. The highest BCUT2D eigenvalue weighted by atomic mass is 16.6. The number of rotatable bonds is 12. The van der Waals surface area contributed by atoms with Gasteiger partial charge in [-0.2, -0.15) is 0 Å². The van der Waals surface area contributed by atoms with Crippen molar-refractivity contribution in [1.29, 1.82) is 0 Å². The van der Waals surface area contributed by atoms with Crippen LogP contribution in [0, 0.1) is 10.1 Å². The zero-order chi connectivity index (χ0) is 18.7. The lowest BCUT2D eigenvalue weighted by Crippen LogP contribution is -2.33. The van der Waals surface area contributed by atoms with Crippen molar-refractivity contribution in [2.45, 2.75) is 38.6 Å². The van der Waals surface area contributed by atoms with Gasteiger partial charge in [-0.15, -0.1) is 0 Å². The molecule has 1 aromatic rings. The van der Waals surface area contributed by atoms with Gasteiger partial charge in [0, 0.05) is 18.4 Å². The summed E-state index contributed by atoms with van der Waals surface area (Å²) in [7, 11) is 4.16. The van der Waals surface area contributed by atoms with Crippen molar-refractivity contribution in [2.24, 2.45) is 10.7 Å². The first-order chi connectivity index (χ1) is 11.9. The summed E-state index contributed by atoms with van der Waals surface area (Å²) in [5, 5.41) is 10.6. The maximum Gasteiger partial charge on any atom is 0.266 e. The third-order valence-corrected chi connectivity index (χ3v) is 3.83. The monoisotopic (exact) mass is 350 g/mol. The predicted molar refractivity (Wildman–Crippen MR) is 101 cm³/mol. The molecule has 7 heteroatoms. The molecular weight excluding hydrogens is 320 g/mol. The molecule has 7 nitrogen and oxygen atoms in total. The maximum absolute atomic E-state index is 10.6. The molecule has 0 aliphatic heterocycles. The highest BCUT2D eigenvalue weighted by Gasteiger charge is 2.16. The number of ether oxygens (including phenoxy) is 1. The molecule has 1 aromatic carbocycles. The summed E-state index contributed by atoms with van der Waals surface area (Å²) >= 11 is 0. The summed E-state index contributed by atoms with van der Waals surface area (Å²) < 4.78 is 5.77. The van der Waals surface area contributed by atoms with Gasteiger partial charge in [-0.25, -0.2) is 0 Å². The fraction of sp³-hybridized carbons (Fsp3) is 0.611. The van der Waals surface area contributed by atoms with Crippen molar-refractivity contribution in [3.05, 3.63) is 39.9 Å². The normalized spacial score (nSPS) is 13.0. The number of nitro groups is 1.